The lowest BCUT2D eigenvalue weighted by Gasteiger charge is -2.22. The molecule has 0 aromatic heterocycles. The van der Waals surface area contributed by atoms with Crippen molar-refractivity contribution in [1.29, 1.82) is 5.26 Å². The number of non-ortho nitro benzene ring substituents is 1. The minimum Gasteiger partial charge on any atom is -0.388 e. The van der Waals surface area contributed by atoms with Crippen LogP contribution in [0.4, 0.5) is 17.1 Å². The summed E-state index contributed by atoms with van der Waals surface area (Å²) < 4.78 is 0. The minimum absolute atomic E-state index is 0.0484. The van der Waals surface area contributed by atoms with Gasteiger partial charge in [-0.15, -0.1) is 0 Å². The van der Waals surface area contributed by atoms with E-state index < -0.39 is 4.92 Å². The molecule has 0 aliphatic heterocycles. The molecule has 0 spiro atoms. The fraction of sp³-hybridized carbons (Fsp3) is 0.417. The third kappa shape index (κ3) is 3.35. The van der Waals surface area contributed by atoms with Crippen LogP contribution < -0.4 is 10.2 Å². The Bertz CT molecular complexity index is 468. The molecule has 0 saturated heterocycles. The lowest BCUT2D eigenvalue weighted by Crippen LogP contribution is -2.23. The summed E-state index contributed by atoms with van der Waals surface area (Å²) in [6.07, 6.45) is 0.394. The average molecular weight is 248 g/mol. The van der Waals surface area contributed by atoms with Gasteiger partial charge in [-0.3, -0.25) is 10.1 Å². The number of hydrogen-bond donors (Lipinski definition) is 1. The molecule has 0 heterocycles. The number of nitriles is 1. The van der Waals surface area contributed by atoms with Crippen LogP contribution in [0.3, 0.4) is 0 Å². The smallest absolute Gasteiger partial charge is 0.273 e. The van der Waals surface area contributed by atoms with E-state index in [1.807, 2.05) is 17.9 Å². The van der Waals surface area contributed by atoms with Crippen LogP contribution in [0.1, 0.15) is 13.3 Å². The summed E-state index contributed by atoms with van der Waals surface area (Å²) in [6.45, 7) is 3.22. The van der Waals surface area contributed by atoms with Crippen molar-refractivity contribution in [3.05, 3.63) is 28.3 Å². The first-order valence-electron chi connectivity index (χ1n) is 5.71. The highest BCUT2D eigenvalue weighted by Crippen LogP contribution is 2.26. The highest BCUT2D eigenvalue weighted by molar-refractivity contribution is 5.64. The number of nitrogens with zero attached hydrogens (tertiary/aromatic N) is 3. The van der Waals surface area contributed by atoms with Crippen molar-refractivity contribution in [2.24, 2.45) is 0 Å². The number of benzene rings is 1. The van der Waals surface area contributed by atoms with Crippen LogP contribution in [-0.2, 0) is 0 Å². The van der Waals surface area contributed by atoms with E-state index in [9.17, 15) is 10.1 Å². The Morgan fingerprint density at radius 2 is 2.22 bits per heavy atom. The van der Waals surface area contributed by atoms with E-state index in [2.05, 4.69) is 11.4 Å². The second kappa shape index (κ2) is 6.45. The molecule has 0 aliphatic carbocycles. The predicted octanol–water partition coefficient (Wildman–Crippen LogP) is 2.38. The Hall–Kier alpha value is -2.29. The predicted molar refractivity (Wildman–Crippen MR) is 70.8 cm³/mol. The molecule has 0 aliphatic rings. The molecule has 0 amide bonds. The van der Waals surface area contributed by atoms with Gasteiger partial charge in [-0.05, 0) is 13.0 Å². The first-order valence-corrected chi connectivity index (χ1v) is 5.71. The average Bonchev–Trinajstić information content (AvgIpc) is 2.39. The molecule has 18 heavy (non-hydrogen) atoms. The van der Waals surface area contributed by atoms with Gasteiger partial charge in [-0.2, -0.15) is 5.26 Å². The standard InChI is InChI=1S/C12H16N4O2/c1-3-15(6-4-5-13)11-7-10(14-2)8-12(9-11)16(17)18/h7-9,14H,3-4,6H2,1-2H3. The largest absolute Gasteiger partial charge is 0.388 e. The van der Waals surface area contributed by atoms with Crippen LogP contribution in [-0.4, -0.2) is 25.1 Å². The van der Waals surface area contributed by atoms with E-state index in [0.717, 1.165) is 5.69 Å². The van der Waals surface area contributed by atoms with Crippen molar-refractivity contribution in [3.8, 4) is 6.07 Å². The van der Waals surface area contributed by atoms with Gasteiger partial charge in [0.05, 0.1) is 17.4 Å². The van der Waals surface area contributed by atoms with Crippen molar-refractivity contribution in [1.82, 2.24) is 0 Å². The van der Waals surface area contributed by atoms with E-state index >= 15 is 0 Å². The van der Waals surface area contributed by atoms with Crippen LogP contribution in [0, 0.1) is 21.4 Å². The minimum atomic E-state index is -0.414. The Kier molecular flexibility index (Phi) is 4.93. The van der Waals surface area contributed by atoms with Gasteiger partial charge in [0.25, 0.3) is 5.69 Å². The highest BCUT2D eigenvalue weighted by atomic mass is 16.6. The maximum absolute atomic E-state index is 10.9. The topological polar surface area (TPSA) is 82.2 Å². The molecule has 1 rings (SSSR count). The summed E-state index contributed by atoms with van der Waals surface area (Å²) >= 11 is 0. The summed E-state index contributed by atoms with van der Waals surface area (Å²) in [4.78, 5) is 12.4. The lowest BCUT2D eigenvalue weighted by atomic mass is 10.2. The molecule has 6 heteroatoms. The molecule has 0 atom stereocenters. The van der Waals surface area contributed by atoms with Gasteiger partial charge in [0.15, 0.2) is 0 Å². The molecule has 1 aromatic carbocycles. The molecule has 1 aromatic rings. The van der Waals surface area contributed by atoms with E-state index in [0.29, 0.717) is 25.2 Å². The number of anilines is 2. The summed E-state index contributed by atoms with van der Waals surface area (Å²) in [5.41, 5.74) is 1.49. The van der Waals surface area contributed by atoms with E-state index in [-0.39, 0.29) is 5.69 Å². The monoisotopic (exact) mass is 248 g/mol. The molecule has 0 bridgehead atoms. The fourth-order valence-corrected chi connectivity index (χ4v) is 1.68. The zero-order valence-electron chi connectivity index (χ0n) is 10.5. The third-order valence-electron chi connectivity index (χ3n) is 2.64. The van der Waals surface area contributed by atoms with Crippen LogP contribution in [0.2, 0.25) is 0 Å². The van der Waals surface area contributed by atoms with Gasteiger partial charge in [-0.25, -0.2) is 0 Å². The second-order valence-electron chi connectivity index (χ2n) is 3.73. The van der Waals surface area contributed by atoms with Crippen molar-refractivity contribution in [3.63, 3.8) is 0 Å². The van der Waals surface area contributed by atoms with E-state index in [1.54, 1.807) is 7.05 Å². The molecule has 0 fully saturated rings. The molecule has 0 radical (unpaired) electrons. The van der Waals surface area contributed by atoms with Gasteiger partial charge >= 0.3 is 0 Å². The van der Waals surface area contributed by atoms with E-state index in [1.165, 1.54) is 12.1 Å². The van der Waals surface area contributed by atoms with Crippen LogP contribution in [0.15, 0.2) is 18.2 Å². The number of rotatable bonds is 6. The molecule has 0 unspecified atom stereocenters. The molecule has 1 N–H and O–H groups in total. The SMILES string of the molecule is CCN(CCC#N)c1cc(NC)cc([N+](=O)[O-])c1. The Morgan fingerprint density at radius 1 is 1.50 bits per heavy atom. The molecule has 6 nitrogen and oxygen atoms in total. The summed E-state index contributed by atoms with van der Waals surface area (Å²) in [5, 5.41) is 22.4. The van der Waals surface area contributed by atoms with Crippen molar-refractivity contribution >= 4 is 17.1 Å². The summed E-state index contributed by atoms with van der Waals surface area (Å²) in [7, 11) is 1.72. The second-order valence-corrected chi connectivity index (χ2v) is 3.73. The van der Waals surface area contributed by atoms with Crippen LogP contribution in [0.25, 0.3) is 0 Å². The molecule has 0 saturated carbocycles. The Morgan fingerprint density at radius 3 is 2.72 bits per heavy atom. The zero-order valence-corrected chi connectivity index (χ0v) is 10.5. The Balaban J connectivity index is 3.09. The van der Waals surface area contributed by atoms with Crippen molar-refractivity contribution in [2.75, 3.05) is 30.4 Å². The normalized spacial score (nSPS) is 9.61. The number of nitrogens with one attached hydrogen (secondary N) is 1. The first-order chi connectivity index (χ1) is 8.62. The summed E-state index contributed by atoms with van der Waals surface area (Å²) in [6, 6.07) is 6.94. The summed E-state index contributed by atoms with van der Waals surface area (Å²) in [5.74, 6) is 0. The number of nitro benzene ring substituents is 1. The maximum atomic E-state index is 10.9. The highest BCUT2D eigenvalue weighted by Gasteiger charge is 2.12. The van der Waals surface area contributed by atoms with Crippen molar-refractivity contribution in [2.45, 2.75) is 13.3 Å². The van der Waals surface area contributed by atoms with Gasteiger partial charge in [-0.1, -0.05) is 0 Å². The molecular formula is C12H16N4O2. The Labute approximate surface area is 106 Å². The van der Waals surface area contributed by atoms with Crippen LogP contribution >= 0.6 is 0 Å². The molecular weight excluding hydrogens is 232 g/mol. The first kappa shape index (κ1) is 13.8. The number of nitro groups is 1. The lowest BCUT2D eigenvalue weighted by molar-refractivity contribution is -0.384. The van der Waals surface area contributed by atoms with Gasteiger partial charge in [0.2, 0.25) is 0 Å². The molecule has 96 valence electrons. The third-order valence-corrected chi connectivity index (χ3v) is 2.64. The van der Waals surface area contributed by atoms with Crippen molar-refractivity contribution < 1.29 is 4.92 Å². The number of hydrogen-bond acceptors (Lipinski definition) is 5. The fourth-order valence-electron chi connectivity index (χ4n) is 1.68. The van der Waals surface area contributed by atoms with Gasteiger partial charge in [0.1, 0.15) is 0 Å². The van der Waals surface area contributed by atoms with Crippen LogP contribution in [0.5, 0.6) is 0 Å². The quantitative estimate of drug-likeness (QED) is 0.617. The van der Waals surface area contributed by atoms with E-state index in [4.69, 9.17) is 5.26 Å². The van der Waals surface area contributed by atoms with Gasteiger partial charge in [0, 0.05) is 43.6 Å². The van der Waals surface area contributed by atoms with Gasteiger partial charge < -0.3 is 10.2 Å². The maximum Gasteiger partial charge on any atom is 0.273 e. The zero-order chi connectivity index (χ0) is 13.5.